The lowest BCUT2D eigenvalue weighted by Gasteiger charge is -2.13. The van der Waals surface area contributed by atoms with Crippen molar-refractivity contribution in [1.82, 2.24) is 10.2 Å². The first-order valence-corrected chi connectivity index (χ1v) is 5.43. The zero-order valence-corrected chi connectivity index (χ0v) is 10.1. The second kappa shape index (κ2) is 5.10. The van der Waals surface area contributed by atoms with Gasteiger partial charge in [-0.25, -0.2) is 4.39 Å². The van der Waals surface area contributed by atoms with Crippen molar-refractivity contribution in [3.63, 3.8) is 0 Å². The molecule has 0 amide bonds. The molecule has 0 radical (unpaired) electrons. The molecule has 1 N–H and O–H groups in total. The van der Waals surface area contributed by atoms with Crippen LogP contribution in [0.25, 0.3) is 0 Å². The second-order valence-corrected chi connectivity index (χ2v) is 3.90. The molecule has 5 heteroatoms. The van der Waals surface area contributed by atoms with Crippen LogP contribution in [0, 0.1) is 12.7 Å². The number of hydrogen-bond acceptors (Lipinski definition) is 4. The summed E-state index contributed by atoms with van der Waals surface area (Å²) in [7, 11) is 1.48. The number of methoxy groups -OCH3 is 1. The number of nitrogens with zero attached hydrogens (tertiary/aromatic N) is 2. The van der Waals surface area contributed by atoms with Crippen molar-refractivity contribution < 1.29 is 14.2 Å². The number of aliphatic hydroxyl groups is 1. The van der Waals surface area contributed by atoms with Gasteiger partial charge in [-0.3, -0.25) is 0 Å². The minimum Gasteiger partial charge on any atom is -0.480 e. The second-order valence-electron chi connectivity index (χ2n) is 3.90. The summed E-state index contributed by atoms with van der Waals surface area (Å²) in [5.74, 6) is -0.0296. The Kier molecular flexibility index (Phi) is 3.53. The van der Waals surface area contributed by atoms with E-state index < -0.39 is 11.9 Å². The number of halogens is 1. The Hall–Kier alpha value is -2.01. The van der Waals surface area contributed by atoms with E-state index in [1.165, 1.54) is 19.2 Å². The number of aromatic nitrogens is 2. The third-order valence-electron chi connectivity index (χ3n) is 2.69. The van der Waals surface area contributed by atoms with Crippen LogP contribution in [0.4, 0.5) is 4.39 Å². The molecule has 0 saturated heterocycles. The Morgan fingerprint density at radius 1 is 1.22 bits per heavy atom. The highest BCUT2D eigenvalue weighted by Crippen LogP contribution is 2.24. The number of benzene rings is 1. The van der Waals surface area contributed by atoms with E-state index in [0.29, 0.717) is 17.1 Å². The first-order valence-electron chi connectivity index (χ1n) is 5.43. The fraction of sp³-hybridized carbons (Fsp3) is 0.231. The van der Waals surface area contributed by atoms with E-state index in [0.717, 1.165) is 5.56 Å². The van der Waals surface area contributed by atoms with Gasteiger partial charge in [-0.15, -0.1) is 10.2 Å². The average molecular weight is 248 g/mol. The molecule has 2 aromatic rings. The van der Waals surface area contributed by atoms with Crippen LogP contribution in [-0.2, 0) is 0 Å². The van der Waals surface area contributed by atoms with Crippen molar-refractivity contribution in [2.45, 2.75) is 13.0 Å². The van der Waals surface area contributed by atoms with Crippen molar-refractivity contribution in [1.29, 1.82) is 0 Å². The highest BCUT2D eigenvalue weighted by molar-refractivity contribution is 5.33. The van der Waals surface area contributed by atoms with Crippen molar-refractivity contribution >= 4 is 0 Å². The quantitative estimate of drug-likeness (QED) is 0.902. The normalized spacial score (nSPS) is 12.2. The summed E-state index contributed by atoms with van der Waals surface area (Å²) in [6.07, 6.45) is -1.00. The van der Waals surface area contributed by atoms with Gasteiger partial charge in [0.05, 0.1) is 12.8 Å². The molecule has 1 atom stereocenters. The van der Waals surface area contributed by atoms with E-state index in [2.05, 4.69) is 10.2 Å². The van der Waals surface area contributed by atoms with Gasteiger partial charge in [0.25, 0.3) is 0 Å². The van der Waals surface area contributed by atoms with Crippen LogP contribution >= 0.6 is 0 Å². The molecule has 18 heavy (non-hydrogen) atoms. The maximum Gasteiger partial charge on any atom is 0.233 e. The van der Waals surface area contributed by atoms with Gasteiger partial charge in [-0.1, -0.05) is 6.07 Å². The minimum atomic E-state index is -1.00. The summed E-state index contributed by atoms with van der Waals surface area (Å²) < 4.78 is 18.1. The summed E-state index contributed by atoms with van der Waals surface area (Å²) in [6, 6.07) is 7.46. The molecule has 0 saturated carbocycles. The van der Waals surface area contributed by atoms with Gasteiger partial charge in [0, 0.05) is 6.07 Å². The zero-order valence-electron chi connectivity index (χ0n) is 10.1. The summed E-state index contributed by atoms with van der Waals surface area (Å²) in [5, 5.41) is 17.8. The Labute approximate surface area is 104 Å². The number of aliphatic hydroxyl groups excluding tert-OH is 1. The van der Waals surface area contributed by atoms with Gasteiger partial charge < -0.3 is 9.84 Å². The largest absolute Gasteiger partial charge is 0.480 e. The molecule has 0 aliphatic rings. The maximum absolute atomic E-state index is 13.2. The molecular weight excluding hydrogens is 235 g/mol. The van der Waals surface area contributed by atoms with Crippen molar-refractivity contribution in [2.24, 2.45) is 0 Å². The highest BCUT2D eigenvalue weighted by atomic mass is 19.1. The average Bonchev–Trinajstić information content (AvgIpc) is 2.41. The molecule has 0 bridgehead atoms. The Morgan fingerprint density at radius 2 is 2.00 bits per heavy atom. The summed E-state index contributed by atoms with van der Waals surface area (Å²) in [5.41, 5.74) is 1.63. The first-order chi connectivity index (χ1) is 8.61. The highest BCUT2D eigenvalue weighted by Gasteiger charge is 2.15. The first kappa shape index (κ1) is 12.4. The molecule has 0 fully saturated rings. The van der Waals surface area contributed by atoms with Crippen molar-refractivity contribution in [3.8, 4) is 5.88 Å². The zero-order chi connectivity index (χ0) is 13.1. The van der Waals surface area contributed by atoms with E-state index in [9.17, 15) is 9.50 Å². The molecule has 4 nitrogen and oxygen atoms in total. The van der Waals surface area contributed by atoms with Crippen LogP contribution in [0.3, 0.4) is 0 Å². The summed E-state index contributed by atoms with van der Waals surface area (Å²) in [4.78, 5) is 0. The molecular formula is C13H13FN2O2. The van der Waals surface area contributed by atoms with Gasteiger partial charge in [-0.05, 0) is 36.2 Å². The Balaban J connectivity index is 2.34. The minimum absolute atomic E-state index is 0.351. The molecule has 94 valence electrons. The standard InChI is InChI=1S/C13H13FN2O2/c1-8-3-4-9(14)7-10(8)13(17)11-5-6-12(18-2)16-15-11/h3-7,13,17H,1-2H3. The predicted molar refractivity (Wildman–Crippen MR) is 63.8 cm³/mol. The monoisotopic (exact) mass is 248 g/mol. The van der Waals surface area contributed by atoms with Crippen LogP contribution in [0.2, 0.25) is 0 Å². The van der Waals surface area contributed by atoms with Crippen LogP contribution < -0.4 is 4.74 Å². The number of ether oxygens (including phenoxy) is 1. The van der Waals surface area contributed by atoms with Crippen LogP contribution in [0.15, 0.2) is 30.3 Å². The van der Waals surface area contributed by atoms with Crippen LogP contribution in [0.5, 0.6) is 5.88 Å². The summed E-state index contributed by atoms with van der Waals surface area (Å²) >= 11 is 0. The molecule has 2 rings (SSSR count). The van der Waals surface area contributed by atoms with Crippen molar-refractivity contribution in [2.75, 3.05) is 7.11 Å². The van der Waals surface area contributed by atoms with Gasteiger partial charge in [0.2, 0.25) is 5.88 Å². The summed E-state index contributed by atoms with van der Waals surface area (Å²) in [6.45, 7) is 1.80. The Morgan fingerprint density at radius 3 is 2.61 bits per heavy atom. The SMILES string of the molecule is COc1ccc(C(O)c2cc(F)ccc2C)nn1. The Bertz CT molecular complexity index is 543. The van der Waals surface area contributed by atoms with Gasteiger partial charge >= 0.3 is 0 Å². The maximum atomic E-state index is 13.2. The molecule has 0 spiro atoms. The number of aryl methyl sites for hydroxylation is 1. The van der Waals surface area contributed by atoms with E-state index in [-0.39, 0.29) is 0 Å². The molecule has 0 aliphatic heterocycles. The predicted octanol–water partition coefficient (Wildman–Crippen LogP) is 2.01. The van der Waals surface area contributed by atoms with Gasteiger partial charge in [-0.2, -0.15) is 0 Å². The third-order valence-corrected chi connectivity index (χ3v) is 2.69. The number of rotatable bonds is 3. The van der Waals surface area contributed by atoms with Gasteiger partial charge in [0.1, 0.15) is 11.9 Å². The van der Waals surface area contributed by atoms with Crippen LogP contribution in [-0.4, -0.2) is 22.4 Å². The molecule has 1 aromatic carbocycles. The fourth-order valence-corrected chi connectivity index (χ4v) is 1.65. The molecule has 1 aromatic heterocycles. The lowest BCUT2D eigenvalue weighted by molar-refractivity contribution is 0.212. The van der Waals surface area contributed by atoms with E-state index in [1.807, 2.05) is 0 Å². The van der Waals surface area contributed by atoms with Gasteiger partial charge in [0.15, 0.2) is 0 Å². The van der Waals surface area contributed by atoms with Crippen LogP contribution in [0.1, 0.15) is 22.9 Å². The van der Waals surface area contributed by atoms with Crippen molar-refractivity contribution in [3.05, 3.63) is 53.0 Å². The number of hydrogen-bond donors (Lipinski definition) is 1. The van der Waals surface area contributed by atoms with E-state index >= 15 is 0 Å². The fourth-order valence-electron chi connectivity index (χ4n) is 1.65. The lowest BCUT2D eigenvalue weighted by atomic mass is 10.0. The third kappa shape index (κ3) is 2.46. The lowest BCUT2D eigenvalue weighted by Crippen LogP contribution is -2.06. The molecule has 0 aliphatic carbocycles. The smallest absolute Gasteiger partial charge is 0.233 e. The van der Waals surface area contributed by atoms with E-state index in [1.54, 1.807) is 25.1 Å². The molecule has 1 heterocycles. The molecule has 1 unspecified atom stereocenters. The van der Waals surface area contributed by atoms with E-state index in [4.69, 9.17) is 4.74 Å². The topological polar surface area (TPSA) is 55.2 Å².